The first-order chi connectivity index (χ1) is 16.0. The van der Waals surface area contributed by atoms with E-state index in [-0.39, 0.29) is 24.7 Å². The van der Waals surface area contributed by atoms with Gasteiger partial charge in [-0.15, -0.1) is 0 Å². The third-order valence-corrected chi connectivity index (χ3v) is 5.96. The highest BCUT2D eigenvalue weighted by atomic mass is 16.4. The van der Waals surface area contributed by atoms with Gasteiger partial charge in [0.1, 0.15) is 6.04 Å². The minimum Gasteiger partial charge on any atom is -0.480 e. The molecule has 4 N–H and O–H groups in total. The van der Waals surface area contributed by atoms with Gasteiger partial charge in [0.05, 0.1) is 0 Å². The van der Waals surface area contributed by atoms with Crippen molar-refractivity contribution in [2.45, 2.75) is 135 Å². The van der Waals surface area contributed by atoms with E-state index in [4.69, 9.17) is 5.11 Å². The molecule has 0 aliphatic rings. The Bertz CT molecular complexity index is 499. The number of unbranched alkanes of at least 4 members (excludes halogenated alkanes) is 14. The third kappa shape index (κ3) is 22.0. The number of hydrogen-bond acceptors (Lipinski definition) is 4. The Kier molecular flexibility index (Phi) is 22.4. The van der Waals surface area contributed by atoms with Gasteiger partial charge in [-0.05, 0) is 25.7 Å². The number of amides is 2. The van der Waals surface area contributed by atoms with Gasteiger partial charge in [-0.3, -0.25) is 9.59 Å². The predicted octanol–water partition coefficient (Wildman–Crippen LogP) is 5.10. The maximum Gasteiger partial charge on any atom is 0.326 e. The molecule has 1 unspecified atom stereocenters. The molecule has 0 saturated heterocycles. The highest BCUT2D eigenvalue weighted by molar-refractivity contribution is 5.84. The zero-order valence-corrected chi connectivity index (χ0v) is 21.0. The van der Waals surface area contributed by atoms with Crippen LogP contribution in [-0.4, -0.2) is 47.2 Å². The van der Waals surface area contributed by atoms with E-state index in [1.165, 1.54) is 51.4 Å². The molecule has 7 heteroatoms. The van der Waals surface area contributed by atoms with Crippen LogP contribution in [0.3, 0.4) is 0 Å². The number of rotatable bonds is 24. The van der Waals surface area contributed by atoms with Gasteiger partial charge >= 0.3 is 5.97 Å². The van der Waals surface area contributed by atoms with E-state index in [1.807, 2.05) is 0 Å². The Morgan fingerprint density at radius 3 is 1.67 bits per heavy atom. The molecule has 0 aromatic rings. The molecule has 1 atom stereocenters. The molecule has 194 valence electrons. The van der Waals surface area contributed by atoms with Crippen molar-refractivity contribution in [3.63, 3.8) is 0 Å². The van der Waals surface area contributed by atoms with Gasteiger partial charge < -0.3 is 20.8 Å². The number of carboxylic acid groups (broad SMARTS) is 1. The van der Waals surface area contributed by atoms with Crippen LogP contribution >= 0.6 is 0 Å². The van der Waals surface area contributed by atoms with Gasteiger partial charge in [-0.25, -0.2) is 4.79 Å². The molecule has 0 bridgehead atoms. The van der Waals surface area contributed by atoms with Crippen LogP contribution in [0.5, 0.6) is 0 Å². The Morgan fingerprint density at radius 1 is 0.667 bits per heavy atom. The van der Waals surface area contributed by atoms with E-state index in [2.05, 4.69) is 17.6 Å². The lowest BCUT2D eigenvalue weighted by Crippen LogP contribution is -2.41. The number of aliphatic hydroxyl groups is 1. The van der Waals surface area contributed by atoms with Crippen molar-refractivity contribution in [2.24, 2.45) is 0 Å². The topological polar surface area (TPSA) is 116 Å². The van der Waals surface area contributed by atoms with Crippen molar-refractivity contribution in [1.29, 1.82) is 0 Å². The first-order valence-electron chi connectivity index (χ1n) is 13.4. The summed E-state index contributed by atoms with van der Waals surface area (Å²) in [5.74, 6) is -1.50. The third-order valence-electron chi connectivity index (χ3n) is 5.96. The first kappa shape index (κ1) is 31.4. The lowest BCUT2D eigenvalue weighted by atomic mass is 10.0. The molecule has 0 rings (SSSR count). The number of carbonyl (C=O) groups excluding carboxylic acids is 2. The van der Waals surface area contributed by atoms with E-state index in [0.717, 1.165) is 51.4 Å². The van der Waals surface area contributed by atoms with Crippen molar-refractivity contribution in [2.75, 3.05) is 13.2 Å². The standard InChI is InChI=1S/C26H50N2O5/c1-2-3-16-21-27-24(30)20-19-23(26(32)33)28-25(31)18-15-13-11-9-7-5-4-6-8-10-12-14-17-22-29/h23,29H,2-22H2,1H3,(H,27,30)(H,28,31)(H,32,33). The second-order valence-electron chi connectivity index (χ2n) is 9.12. The van der Waals surface area contributed by atoms with Gasteiger partial charge in [0, 0.05) is 26.0 Å². The van der Waals surface area contributed by atoms with Crippen LogP contribution in [-0.2, 0) is 14.4 Å². The van der Waals surface area contributed by atoms with Crippen LogP contribution in [0.15, 0.2) is 0 Å². The van der Waals surface area contributed by atoms with E-state index < -0.39 is 12.0 Å². The van der Waals surface area contributed by atoms with E-state index in [1.54, 1.807) is 0 Å². The number of hydrogen-bond donors (Lipinski definition) is 4. The molecule has 0 aliphatic carbocycles. The zero-order chi connectivity index (χ0) is 24.6. The Labute approximate surface area is 201 Å². The first-order valence-corrected chi connectivity index (χ1v) is 13.4. The normalized spacial score (nSPS) is 11.8. The average Bonchev–Trinajstić information content (AvgIpc) is 2.79. The van der Waals surface area contributed by atoms with Crippen LogP contribution in [0.2, 0.25) is 0 Å². The summed E-state index contributed by atoms with van der Waals surface area (Å²) in [6, 6.07) is -1.01. The monoisotopic (exact) mass is 470 g/mol. The molecule has 0 aromatic heterocycles. The summed E-state index contributed by atoms with van der Waals surface area (Å²) in [6.45, 7) is 3.02. The molecule has 7 nitrogen and oxygen atoms in total. The molecule has 0 saturated carbocycles. The van der Waals surface area contributed by atoms with Gasteiger partial charge in [0.2, 0.25) is 11.8 Å². The number of nitrogens with one attached hydrogen (secondary N) is 2. The van der Waals surface area contributed by atoms with Crippen molar-refractivity contribution < 1.29 is 24.6 Å². The number of carboxylic acids is 1. The average molecular weight is 471 g/mol. The van der Waals surface area contributed by atoms with Crippen molar-refractivity contribution in [3.8, 4) is 0 Å². The molecule has 0 radical (unpaired) electrons. The number of aliphatic hydroxyl groups excluding tert-OH is 1. The SMILES string of the molecule is CCCCCNC(=O)CCC(NC(=O)CCCCCCCCCCCCCCCO)C(=O)O. The van der Waals surface area contributed by atoms with E-state index in [9.17, 15) is 19.5 Å². The fraction of sp³-hybridized carbons (Fsp3) is 0.885. The maximum absolute atomic E-state index is 12.1. The van der Waals surface area contributed by atoms with Crippen molar-refractivity contribution in [1.82, 2.24) is 10.6 Å². The van der Waals surface area contributed by atoms with Crippen LogP contribution in [0.1, 0.15) is 129 Å². The molecule has 0 spiro atoms. The van der Waals surface area contributed by atoms with Crippen LogP contribution in [0.25, 0.3) is 0 Å². The number of carbonyl (C=O) groups is 3. The molecular weight excluding hydrogens is 420 g/mol. The second-order valence-corrected chi connectivity index (χ2v) is 9.12. The summed E-state index contributed by atoms with van der Waals surface area (Å²) in [6.07, 6.45) is 18.6. The lowest BCUT2D eigenvalue weighted by Gasteiger charge is -2.14. The fourth-order valence-corrected chi connectivity index (χ4v) is 3.83. The van der Waals surface area contributed by atoms with Gasteiger partial charge in [0.15, 0.2) is 0 Å². The van der Waals surface area contributed by atoms with Gasteiger partial charge in [0.25, 0.3) is 0 Å². The molecule has 0 heterocycles. The second kappa shape index (κ2) is 23.5. The molecule has 0 aliphatic heterocycles. The quantitative estimate of drug-likeness (QED) is 0.147. The summed E-state index contributed by atoms with van der Waals surface area (Å²) in [4.78, 5) is 35.3. The van der Waals surface area contributed by atoms with Gasteiger partial charge in [-0.2, -0.15) is 0 Å². The van der Waals surface area contributed by atoms with Crippen LogP contribution in [0.4, 0.5) is 0 Å². The van der Waals surface area contributed by atoms with Gasteiger partial charge in [-0.1, -0.05) is 90.4 Å². The summed E-state index contributed by atoms with van der Waals surface area (Å²) in [7, 11) is 0. The minimum atomic E-state index is -1.09. The highest BCUT2D eigenvalue weighted by Crippen LogP contribution is 2.13. The fourth-order valence-electron chi connectivity index (χ4n) is 3.83. The molecule has 0 aromatic carbocycles. The minimum absolute atomic E-state index is 0.104. The largest absolute Gasteiger partial charge is 0.480 e. The summed E-state index contributed by atoms with van der Waals surface area (Å²) < 4.78 is 0. The number of aliphatic carboxylic acids is 1. The predicted molar refractivity (Wildman–Crippen MR) is 133 cm³/mol. The molecule has 33 heavy (non-hydrogen) atoms. The highest BCUT2D eigenvalue weighted by Gasteiger charge is 2.20. The lowest BCUT2D eigenvalue weighted by molar-refractivity contribution is -0.142. The molecular formula is C26H50N2O5. The molecule has 0 fully saturated rings. The van der Waals surface area contributed by atoms with Crippen LogP contribution in [0, 0.1) is 0 Å². The smallest absolute Gasteiger partial charge is 0.326 e. The summed E-state index contributed by atoms with van der Waals surface area (Å²) in [5, 5.41) is 23.4. The Hall–Kier alpha value is -1.63. The molecule has 2 amide bonds. The Morgan fingerprint density at radius 2 is 1.18 bits per heavy atom. The summed E-state index contributed by atoms with van der Waals surface area (Å²) in [5.41, 5.74) is 0. The van der Waals surface area contributed by atoms with Crippen LogP contribution < -0.4 is 10.6 Å². The van der Waals surface area contributed by atoms with Crippen molar-refractivity contribution in [3.05, 3.63) is 0 Å². The van der Waals surface area contributed by atoms with E-state index >= 15 is 0 Å². The Balaban J connectivity index is 3.66. The summed E-state index contributed by atoms with van der Waals surface area (Å²) >= 11 is 0. The zero-order valence-electron chi connectivity index (χ0n) is 21.0. The maximum atomic E-state index is 12.1. The van der Waals surface area contributed by atoms with Crippen molar-refractivity contribution >= 4 is 17.8 Å². The van der Waals surface area contributed by atoms with E-state index in [0.29, 0.717) is 19.6 Å².